The van der Waals surface area contributed by atoms with Gasteiger partial charge in [-0.2, -0.15) is 0 Å². The number of ether oxygens (including phenoxy) is 5. The third kappa shape index (κ3) is 14.0. The molecule has 4 aromatic carbocycles. The molecule has 286 valence electrons. The van der Waals surface area contributed by atoms with Crippen LogP contribution in [0, 0.1) is 0 Å². The number of benzene rings is 4. The molecule has 0 saturated carbocycles. The minimum atomic E-state index is -0.680. The number of aromatic hydroxyl groups is 4. The third-order valence-corrected chi connectivity index (χ3v) is 7.32. The van der Waals surface area contributed by atoms with Crippen LogP contribution in [-0.2, 0) is 23.9 Å². The van der Waals surface area contributed by atoms with Gasteiger partial charge in [0.2, 0.25) is 0 Å². The van der Waals surface area contributed by atoms with Crippen molar-refractivity contribution in [2.45, 2.75) is 6.42 Å². The molecule has 0 fully saturated rings. The SMILES string of the molecule is COc1cc(/C=C/C(=O)CC(=O)/C=C/c2ccc(O)c(OC)c2)ccc1O.COc1cc(/C=C/C(=O)COC(=O)/C=C/c2ccc(O)c(OC)c2)ccc1O. The molecule has 0 atom stereocenters. The molecule has 0 heterocycles. The Labute approximate surface area is 317 Å². The number of allylic oxidation sites excluding steroid dienone is 2. The zero-order valence-corrected chi connectivity index (χ0v) is 30.4. The Morgan fingerprint density at radius 3 is 1.05 bits per heavy atom. The fourth-order valence-electron chi connectivity index (χ4n) is 4.45. The maximum absolute atomic E-state index is 11.9. The number of ketones is 3. The molecule has 0 unspecified atom stereocenters. The lowest BCUT2D eigenvalue weighted by molar-refractivity contribution is -0.141. The number of phenols is 4. The van der Waals surface area contributed by atoms with Crippen molar-refractivity contribution in [3.63, 3.8) is 0 Å². The quantitative estimate of drug-likeness (QED) is 0.0564. The van der Waals surface area contributed by atoms with Crippen molar-refractivity contribution in [3.05, 3.63) is 119 Å². The first kappa shape index (κ1) is 42.1. The number of phenolic OH excluding ortho intramolecular Hbond substituents is 4. The second kappa shape index (κ2) is 21.3. The van der Waals surface area contributed by atoms with Crippen molar-refractivity contribution in [1.29, 1.82) is 0 Å². The van der Waals surface area contributed by atoms with Gasteiger partial charge in [-0.25, -0.2) is 4.79 Å². The predicted octanol–water partition coefficient (Wildman–Crippen LogP) is 6.32. The maximum Gasteiger partial charge on any atom is 0.331 e. The molecule has 0 aliphatic carbocycles. The Balaban J connectivity index is 0.000000296. The van der Waals surface area contributed by atoms with Crippen LogP contribution in [0.25, 0.3) is 24.3 Å². The van der Waals surface area contributed by atoms with Crippen molar-refractivity contribution in [2.75, 3.05) is 35.0 Å². The molecule has 0 saturated heterocycles. The van der Waals surface area contributed by atoms with Gasteiger partial charge >= 0.3 is 5.97 Å². The Hall–Kier alpha value is -7.28. The summed E-state index contributed by atoms with van der Waals surface area (Å²) >= 11 is 0. The van der Waals surface area contributed by atoms with E-state index in [1.807, 2.05) is 0 Å². The van der Waals surface area contributed by atoms with Crippen molar-refractivity contribution in [2.24, 2.45) is 0 Å². The highest BCUT2D eigenvalue weighted by Crippen LogP contribution is 2.29. The van der Waals surface area contributed by atoms with Crippen molar-refractivity contribution < 1.29 is 63.3 Å². The van der Waals surface area contributed by atoms with Crippen LogP contribution in [-0.4, -0.2) is 78.8 Å². The van der Waals surface area contributed by atoms with Crippen molar-refractivity contribution in [1.82, 2.24) is 0 Å². The van der Waals surface area contributed by atoms with E-state index in [2.05, 4.69) is 0 Å². The molecule has 13 nitrogen and oxygen atoms in total. The molecule has 0 radical (unpaired) electrons. The van der Waals surface area contributed by atoms with E-state index in [4.69, 9.17) is 23.7 Å². The van der Waals surface area contributed by atoms with Gasteiger partial charge in [-0.3, -0.25) is 14.4 Å². The lowest BCUT2D eigenvalue weighted by atomic mass is 10.1. The van der Waals surface area contributed by atoms with E-state index in [-0.39, 0.29) is 52.5 Å². The van der Waals surface area contributed by atoms with Gasteiger partial charge in [0.05, 0.1) is 34.9 Å². The van der Waals surface area contributed by atoms with Gasteiger partial charge in [-0.05, 0) is 95.1 Å². The van der Waals surface area contributed by atoms with Crippen LogP contribution >= 0.6 is 0 Å². The summed E-state index contributed by atoms with van der Waals surface area (Å²) in [4.78, 5) is 47.4. The van der Waals surface area contributed by atoms with Gasteiger partial charge in [-0.1, -0.05) is 42.5 Å². The molecular weight excluding hydrogens is 712 g/mol. The number of methoxy groups -OCH3 is 4. The number of carbonyl (C=O) groups excluding carboxylic acids is 4. The standard InChI is InChI=1S/C21H20O7.C21H20O6/c1-26-19-11-14(4-8-17(19)23)3-7-16(22)13-28-21(25)10-6-15-5-9-18(24)20(12-15)27-2;1-26-20-11-14(5-9-18(20)24)3-7-16(22)13-17(23)8-4-15-6-10-19(25)21(12-15)27-2/h3-12,23-24H,13H2,1-2H3;3-12,24-25H,13H2,1-2H3/b7-3+,10-6+;7-3+,8-4+. The normalized spacial score (nSPS) is 11.0. The Morgan fingerprint density at radius 2 is 0.745 bits per heavy atom. The van der Waals surface area contributed by atoms with Crippen LogP contribution in [0.4, 0.5) is 0 Å². The predicted molar refractivity (Wildman–Crippen MR) is 205 cm³/mol. The highest BCUT2D eigenvalue weighted by molar-refractivity contribution is 6.11. The van der Waals surface area contributed by atoms with Gasteiger partial charge in [0.15, 0.2) is 70.0 Å². The molecule has 0 bridgehead atoms. The largest absolute Gasteiger partial charge is 0.504 e. The lowest BCUT2D eigenvalue weighted by Gasteiger charge is -2.04. The van der Waals surface area contributed by atoms with Crippen LogP contribution in [0.15, 0.2) is 97.1 Å². The monoisotopic (exact) mass is 752 g/mol. The third-order valence-electron chi connectivity index (χ3n) is 7.32. The first-order valence-electron chi connectivity index (χ1n) is 16.3. The Bertz CT molecular complexity index is 1960. The minimum absolute atomic E-state index is 0.00191. The van der Waals surface area contributed by atoms with Crippen LogP contribution in [0.5, 0.6) is 46.0 Å². The minimum Gasteiger partial charge on any atom is -0.504 e. The van der Waals surface area contributed by atoms with Crippen LogP contribution < -0.4 is 18.9 Å². The van der Waals surface area contributed by atoms with E-state index in [0.717, 1.165) is 0 Å². The number of carbonyl (C=O) groups is 4. The van der Waals surface area contributed by atoms with E-state index < -0.39 is 18.4 Å². The first-order chi connectivity index (χ1) is 26.3. The fraction of sp³-hybridized carbons (Fsp3) is 0.143. The van der Waals surface area contributed by atoms with Gasteiger partial charge < -0.3 is 44.1 Å². The molecule has 0 spiro atoms. The molecule has 4 N–H and O–H groups in total. The number of hydrogen-bond acceptors (Lipinski definition) is 13. The summed E-state index contributed by atoms with van der Waals surface area (Å²) in [5.74, 6) is -0.608. The molecule has 4 rings (SSSR count). The number of rotatable bonds is 16. The van der Waals surface area contributed by atoms with Gasteiger partial charge in [0.1, 0.15) is 0 Å². The zero-order valence-electron chi connectivity index (χ0n) is 30.4. The summed E-state index contributed by atoms with van der Waals surface area (Å²) in [6.45, 7) is -0.409. The van der Waals surface area contributed by atoms with Gasteiger partial charge in [0, 0.05) is 6.08 Å². The summed E-state index contributed by atoms with van der Waals surface area (Å²) in [7, 11) is 5.71. The molecular formula is C42H40O13. The highest BCUT2D eigenvalue weighted by Gasteiger charge is 2.08. The molecule has 0 aromatic heterocycles. The molecule has 55 heavy (non-hydrogen) atoms. The fourth-order valence-corrected chi connectivity index (χ4v) is 4.45. The first-order valence-corrected chi connectivity index (χ1v) is 16.3. The van der Waals surface area contributed by atoms with E-state index in [9.17, 15) is 39.6 Å². The van der Waals surface area contributed by atoms with Gasteiger partial charge in [-0.15, -0.1) is 0 Å². The van der Waals surface area contributed by atoms with Crippen LogP contribution in [0.1, 0.15) is 28.7 Å². The van der Waals surface area contributed by atoms with E-state index >= 15 is 0 Å². The average molecular weight is 753 g/mol. The van der Waals surface area contributed by atoms with E-state index in [0.29, 0.717) is 33.8 Å². The van der Waals surface area contributed by atoms with Gasteiger partial charge in [0.25, 0.3) is 0 Å². The maximum atomic E-state index is 11.9. The Morgan fingerprint density at radius 1 is 0.455 bits per heavy atom. The summed E-state index contributed by atoms with van der Waals surface area (Å²) in [5, 5.41) is 38.1. The van der Waals surface area contributed by atoms with Crippen molar-refractivity contribution in [3.8, 4) is 46.0 Å². The van der Waals surface area contributed by atoms with Crippen LogP contribution in [0.3, 0.4) is 0 Å². The molecule has 0 aliphatic rings. The summed E-state index contributed by atoms with van der Waals surface area (Å²) < 4.78 is 24.9. The molecule has 13 heteroatoms. The zero-order chi connectivity index (χ0) is 40.3. The summed E-state index contributed by atoms with van der Waals surface area (Å²) in [6.07, 6.45) is 10.9. The molecule has 0 amide bonds. The Kier molecular flexibility index (Phi) is 16.3. The topological polar surface area (TPSA) is 195 Å². The second-order valence-electron chi connectivity index (χ2n) is 11.2. The van der Waals surface area contributed by atoms with E-state index in [1.54, 1.807) is 60.7 Å². The van der Waals surface area contributed by atoms with E-state index in [1.165, 1.54) is 89.2 Å². The summed E-state index contributed by atoms with van der Waals surface area (Å²) in [5.41, 5.74) is 2.60. The number of hydrogen-bond donors (Lipinski definition) is 4. The second-order valence-corrected chi connectivity index (χ2v) is 11.2. The smallest absolute Gasteiger partial charge is 0.331 e. The highest BCUT2D eigenvalue weighted by atomic mass is 16.5. The average Bonchev–Trinajstić information content (AvgIpc) is 3.18. The summed E-state index contributed by atoms with van der Waals surface area (Å²) in [6, 6.07) is 18.6. The molecule has 4 aromatic rings. The van der Waals surface area contributed by atoms with Crippen molar-refractivity contribution >= 4 is 47.6 Å². The van der Waals surface area contributed by atoms with Crippen LogP contribution in [0.2, 0.25) is 0 Å². The lowest BCUT2D eigenvalue weighted by Crippen LogP contribution is -2.09. The molecule has 0 aliphatic heterocycles. The number of esters is 1.